The van der Waals surface area contributed by atoms with E-state index in [0.717, 1.165) is 38.5 Å². The van der Waals surface area contributed by atoms with E-state index in [2.05, 4.69) is 13.8 Å². The quantitative estimate of drug-likeness (QED) is 0.0964. The van der Waals surface area contributed by atoms with Crippen LogP contribution in [0.2, 0.25) is 0 Å². The van der Waals surface area contributed by atoms with Crippen molar-refractivity contribution in [2.24, 2.45) is 0 Å². The van der Waals surface area contributed by atoms with Crippen molar-refractivity contribution in [1.82, 2.24) is 0 Å². The molecule has 36 heavy (non-hydrogen) atoms. The number of benzene rings is 3. The van der Waals surface area contributed by atoms with Crippen molar-refractivity contribution in [3.8, 4) is 11.5 Å². The third-order valence-electron chi connectivity index (χ3n) is 6.14. The number of fused-ring (bicyclic) bond motifs is 2. The lowest BCUT2D eigenvalue weighted by Crippen LogP contribution is -2.14. The summed E-state index contributed by atoms with van der Waals surface area (Å²) in [6.07, 6.45) is 9.15. The Bertz CT molecular complexity index is 978. The number of carbonyl (C=O) groups excluding carboxylic acids is 2. The molecule has 0 N–H and O–H groups in total. The van der Waals surface area contributed by atoms with E-state index < -0.39 is 12.3 Å². The van der Waals surface area contributed by atoms with E-state index in [-0.39, 0.29) is 0 Å². The Morgan fingerprint density at radius 2 is 0.861 bits per heavy atom. The standard InChI is InChI=1S/C30H38O6/c1-3-5-7-9-15-21-33-29(31)35-27-23-17-11-13-19-25(23)28(26-20-14-12-18-24(26)27)36-30(32)34-22-16-10-8-6-4-2/h11-14,17-20H,3-10,15-16,21-22H2,1-2H3. The molecule has 0 bridgehead atoms. The van der Waals surface area contributed by atoms with Gasteiger partial charge >= 0.3 is 12.3 Å². The van der Waals surface area contributed by atoms with Crippen molar-refractivity contribution in [3.63, 3.8) is 0 Å². The summed E-state index contributed by atoms with van der Waals surface area (Å²) in [6, 6.07) is 14.7. The first-order chi connectivity index (χ1) is 17.7. The fraction of sp³-hybridized carbons (Fsp3) is 0.467. The van der Waals surface area contributed by atoms with Gasteiger partial charge in [-0.05, 0) is 12.8 Å². The number of hydrogen-bond donors (Lipinski definition) is 0. The predicted octanol–water partition coefficient (Wildman–Crippen LogP) is 8.96. The van der Waals surface area contributed by atoms with Crippen molar-refractivity contribution >= 4 is 33.9 Å². The van der Waals surface area contributed by atoms with Crippen LogP contribution in [0.15, 0.2) is 48.5 Å². The van der Waals surface area contributed by atoms with Crippen molar-refractivity contribution in [1.29, 1.82) is 0 Å². The van der Waals surface area contributed by atoms with Crippen LogP contribution in [0.3, 0.4) is 0 Å². The van der Waals surface area contributed by atoms with Gasteiger partial charge in [0.05, 0.1) is 13.2 Å². The number of unbranched alkanes of at least 4 members (excludes halogenated alkanes) is 8. The maximum Gasteiger partial charge on any atom is 0.513 e. The molecule has 0 aromatic heterocycles. The molecule has 0 radical (unpaired) electrons. The molecule has 6 heteroatoms. The van der Waals surface area contributed by atoms with Crippen LogP contribution in [0.4, 0.5) is 9.59 Å². The van der Waals surface area contributed by atoms with Crippen LogP contribution in [0.25, 0.3) is 21.5 Å². The molecular weight excluding hydrogens is 456 g/mol. The second-order valence-corrected chi connectivity index (χ2v) is 8.98. The van der Waals surface area contributed by atoms with E-state index in [9.17, 15) is 9.59 Å². The highest BCUT2D eigenvalue weighted by molar-refractivity contribution is 6.12. The first-order valence-corrected chi connectivity index (χ1v) is 13.3. The minimum absolute atomic E-state index is 0.323. The highest BCUT2D eigenvalue weighted by Gasteiger charge is 2.20. The molecule has 6 nitrogen and oxygen atoms in total. The summed E-state index contributed by atoms with van der Waals surface area (Å²) in [7, 11) is 0. The largest absolute Gasteiger partial charge is 0.513 e. The van der Waals surface area contributed by atoms with Crippen LogP contribution in [0, 0.1) is 0 Å². The SMILES string of the molecule is CCCCCCCOC(=O)Oc1c2ccccc2c(OC(=O)OCCCCCCC)c2ccccc12. The first-order valence-electron chi connectivity index (χ1n) is 13.3. The highest BCUT2D eigenvalue weighted by atomic mass is 16.7. The van der Waals surface area contributed by atoms with Crippen LogP contribution in [-0.2, 0) is 9.47 Å². The van der Waals surface area contributed by atoms with Crippen molar-refractivity contribution < 1.29 is 28.5 Å². The molecule has 0 aliphatic carbocycles. The number of hydrogen-bond acceptors (Lipinski definition) is 6. The van der Waals surface area contributed by atoms with Gasteiger partial charge in [0, 0.05) is 21.5 Å². The molecule has 0 atom stereocenters. The molecular formula is C30H38O6. The monoisotopic (exact) mass is 494 g/mol. The smallest absolute Gasteiger partial charge is 0.434 e. The number of ether oxygens (including phenoxy) is 4. The van der Waals surface area contributed by atoms with Crippen molar-refractivity contribution in [2.45, 2.75) is 78.1 Å². The van der Waals surface area contributed by atoms with Crippen LogP contribution < -0.4 is 9.47 Å². The molecule has 0 saturated carbocycles. The van der Waals surface area contributed by atoms with Gasteiger partial charge in [-0.2, -0.15) is 0 Å². The molecule has 0 saturated heterocycles. The van der Waals surface area contributed by atoms with E-state index in [1.54, 1.807) is 0 Å². The molecule has 3 aromatic carbocycles. The summed E-state index contributed by atoms with van der Waals surface area (Å²) < 4.78 is 22.1. The summed E-state index contributed by atoms with van der Waals surface area (Å²) in [6.45, 7) is 4.97. The Morgan fingerprint density at radius 3 is 1.19 bits per heavy atom. The lowest BCUT2D eigenvalue weighted by molar-refractivity contribution is 0.0965. The maximum atomic E-state index is 12.5. The Labute approximate surface area is 213 Å². The average Bonchev–Trinajstić information content (AvgIpc) is 2.90. The lowest BCUT2D eigenvalue weighted by Gasteiger charge is -2.16. The molecule has 0 unspecified atom stereocenters. The van der Waals surface area contributed by atoms with Crippen LogP contribution >= 0.6 is 0 Å². The maximum absolute atomic E-state index is 12.5. The summed E-state index contributed by atoms with van der Waals surface area (Å²) in [4.78, 5) is 25.0. The summed E-state index contributed by atoms with van der Waals surface area (Å²) in [5.41, 5.74) is 0. The van der Waals surface area contributed by atoms with Gasteiger partial charge in [0.25, 0.3) is 0 Å². The van der Waals surface area contributed by atoms with Crippen LogP contribution in [0.5, 0.6) is 11.5 Å². The lowest BCUT2D eigenvalue weighted by atomic mass is 10.0. The van der Waals surface area contributed by atoms with Gasteiger partial charge in [-0.1, -0.05) is 114 Å². The van der Waals surface area contributed by atoms with Gasteiger partial charge in [-0.15, -0.1) is 0 Å². The normalized spacial score (nSPS) is 10.9. The second kappa shape index (κ2) is 15.0. The van der Waals surface area contributed by atoms with Gasteiger partial charge in [-0.25, -0.2) is 9.59 Å². The van der Waals surface area contributed by atoms with Gasteiger partial charge in [0.15, 0.2) is 0 Å². The molecule has 194 valence electrons. The van der Waals surface area contributed by atoms with Crippen molar-refractivity contribution in [3.05, 3.63) is 48.5 Å². The summed E-state index contributed by atoms with van der Waals surface area (Å²) >= 11 is 0. The third-order valence-corrected chi connectivity index (χ3v) is 6.14. The minimum Gasteiger partial charge on any atom is -0.434 e. The molecule has 0 aliphatic heterocycles. The van der Waals surface area contributed by atoms with E-state index in [0.29, 0.717) is 46.3 Å². The zero-order chi connectivity index (χ0) is 25.6. The fourth-order valence-electron chi connectivity index (χ4n) is 4.22. The van der Waals surface area contributed by atoms with E-state index in [1.807, 2.05) is 48.5 Å². The minimum atomic E-state index is -0.739. The van der Waals surface area contributed by atoms with Crippen LogP contribution in [0.1, 0.15) is 78.1 Å². The Morgan fingerprint density at radius 1 is 0.528 bits per heavy atom. The summed E-state index contributed by atoms with van der Waals surface area (Å²) in [5, 5.41) is 2.61. The fourth-order valence-corrected chi connectivity index (χ4v) is 4.22. The molecule has 0 amide bonds. The molecule has 0 heterocycles. The topological polar surface area (TPSA) is 71.1 Å². The molecule has 3 aromatic rings. The zero-order valence-corrected chi connectivity index (χ0v) is 21.6. The second-order valence-electron chi connectivity index (χ2n) is 8.98. The highest BCUT2D eigenvalue weighted by Crippen LogP contribution is 2.43. The van der Waals surface area contributed by atoms with Gasteiger partial charge in [0.1, 0.15) is 11.5 Å². The van der Waals surface area contributed by atoms with Gasteiger partial charge in [0.2, 0.25) is 0 Å². The Balaban J connectivity index is 1.75. The molecule has 0 aliphatic rings. The van der Waals surface area contributed by atoms with Gasteiger partial charge in [-0.3, -0.25) is 0 Å². The van der Waals surface area contributed by atoms with Crippen molar-refractivity contribution in [2.75, 3.05) is 13.2 Å². The molecule has 0 fully saturated rings. The Hall–Kier alpha value is -3.28. The molecule has 0 spiro atoms. The van der Waals surface area contributed by atoms with Crippen LogP contribution in [-0.4, -0.2) is 25.5 Å². The first kappa shape index (κ1) is 27.3. The zero-order valence-electron chi connectivity index (χ0n) is 21.6. The van der Waals surface area contributed by atoms with E-state index in [1.165, 1.54) is 25.7 Å². The molecule has 3 rings (SSSR count). The van der Waals surface area contributed by atoms with E-state index >= 15 is 0 Å². The number of rotatable bonds is 14. The predicted molar refractivity (Wildman–Crippen MR) is 143 cm³/mol. The number of carbonyl (C=O) groups is 2. The summed E-state index contributed by atoms with van der Waals surface area (Å²) in [5.74, 6) is 0.766. The average molecular weight is 495 g/mol. The van der Waals surface area contributed by atoms with Gasteiger partial charge < -0.3 is 18.9 Å². The Kier molecular flexibility index (Phi) is 11.4. The van der Waals surface area contributed by atoms with E-state index in [4.69, 9.17) is 18.9 Å². The third kappa shape index (κ3) is 7.87.